The third-order valence-electron chi connectivity index (χ3n) is 2.31. The Kier molecular flexibility index (Phi) is 4.13. The van der Waals surface area contributed by atoms with Gasteiger partial charge in [-0.05, 0) is 18.1 Å². The summed E-state index contributed by atoms with van der Waals surface area (Å²) in [6, 6.07) is 3.02. The number of aliphatic carboxylic acids is 1. The van der Waals surface area contributed by atoms with E-state index >= 15 is 0 Å². The first-order chi connectivity index (χ1) is 7.60. The van der Waals surface area contributed by atoms with Crippen LogP contribution in [0.5, 0.6) is 11.5 Å². The van der Waals surface area contributed by atoms with Crippen molar-refractivity contribution in [3.05, 3.63) is 23.3 Å². The summed E-state index contributed by atoms with van der Waals surface area (Å²) in [6.45, 7) is -0.299. The van der Waals surface area contributed by atoms with Crippen LogP contribution in [0.25, 0.3) is 0 Å². The van der Waals surface area contributed by atoms with Crippen molar-refractivity contribution in [3.8, 4) is 11.5 Å². The van der Waals surface area contributed by atoms with E-state index in [1.54, 1.807) is 6.07 Å². The normalized spacial score (nSPS) is 10.1. The molecule has 0 bridgehead atoms. The van der Waals surface area contributed by atoms with Gasteiger partial charge in [-0.1, -0.05) is 6.07 Å². The van der Waals surface area contributed by atoms with Gasteiger partial charge in [0.15, 0.2) is 11.5 Å². The maximum atomic E-state index is 10.5. The van der Waals surface area contributed by atoms with Gasteiger partial charge in [-0.15, -0.1) is 0 Å². The molecule has 1 aromatic rings. The average Bonchev–Trinajstić information content (AvgIpc) is 2.26. The molecule has 0 atom stereocenters. The molecule has 0 aromatic heterocycles. The molecule has 1 rings (SSSR count). The Balaban J connectivity index is 3.04. The molecule has 0 spiro atoms. The highest BCUT2D eigenvalue weighted by molar-refractivity contribution is 5.67. The highest BCUT2D eigenvalue weighted by Gasteiger charge is 2.13. The van der Waals surface area contributed by atoms with Crippen LogP contribution < -0.4 is 4.74 Å². The smallest absolute Gasteiger partial charge is 0.303 e. The lowest BCUT2D eigenvalue weighted by molar-refractivity contribution is -0.136. The number of hydrogen-bond acceptors (Lipinski definition) is 4. The summed E-state index contributed by atoms with van der Waals surface area (Å²) < 4.78 is 4.96. The van der Waals surface area contributed by atoms with E-state index in [-0.39, 0.29) is 24.5 Å². The van der Waals surface area contributed by atoms with Gasteiger partial charge in [0.25, 0.3) is 0 Å². The van der Waals surface area contributed by atoms with Gasteiger partial charge in [-0.2, -0.15) is 0 Å². The second-order valence-corrected chi connectivity index (χ2v) is 3.31. The number of hydrogen-bond donors (Lipinski definition) is 3. The van der Waals surface area contributed by atoms with Gasteiger partial charge in [0.05, 0.1) is 13.7 Å². The number of carboxylic acid groups (broad SMARTS) is 1. The minimum atomic E-state index is -0.907. The molecule has 0 heterocycles. The molecule has 3 N–H and O–H groups in total. The molecule has 5 nitrogen and oxygen atoms in total. The zero-order valence-electron chi connectivity index (χ0n) is 8.93. The van der Waals surface area contributed by atoms with Crippen LogP contribution in [0.2, 0.25) is 0 Å². The maximum Gasteiger partial charge on any atom is 0.303 e. The Morgan fingerprint density at radius 3 is 2.62 bits per heavy atom. The number of ether oxygens (including phenoxy) is 1. The van der Waals surface area contributed by atoms with Crippen LogP contribution in [0, 0.1) is 0 Å². The number of methoxy groups -OCH3 is 1. The molecule has 0 saturated carbocycles. The zero-order valence-corrected chi connectivity index (χ0v) is 8.93. The number of rotatable bonds is 5. The van der Waals surface area contributed by atoms with Crippen LogP contribution in [0.15, 0.2) is 12.1 Å². The maximum absolute atomic E-state index is 10.5. The minimum Gasteiger partial charge on any atom is -0.504 e. The van der Waals surface area contributed by atoms with Crippen molar-refractivity contribution in [3.63, 3.8) is 0 Å². The Bertz CT molecular complexity index is 386. The summed E-state index contributed by atoms with van der Waals surface area (Å²) in [4.78, 5) is 10.5. The highest BCUT2D eigenvalue weighted by Crippen LogP contribution is 2.33. The Morgan fingerprint density at radius 1 is 1.44 bits per heavy atom. The van der Waals surface area contributed by atoms with Crippen molar-refractivity contribution in [2.75, 3.05) is 7.11 Å². The lowest BCUT2D eigenvalue weighted by Crippen LogP contribution is -2.02. The number of aliphatic hydroxyl groups is 1. The largest absolute Gasteiger partial charge is 0.504 e. The summed E-state index contributed by atoms with van der Waals surface area (Å²) in [6.07, 6.45) is 0.267. The molecule has 0 saturated heterocycles. The van der Waals surface area contributed by atoms with E-state index in [2.05, 4.69) is 0 Å². The van der Waals surface area contributed by atoms with E-state index < -0.39 is 5.97 Å². The minimum absolute atomic E-state index is 0.0269. The van der Waals surface area contributed by atoms with Gasteiger partial charge >= 0.3 is 5.97 Å². The van der Waals surface area contributed by atoms with E-state index in [9.17, 15) is 15.0 Å². The Morgan fingerprint density at radius 2 is 2.12 bits per heavy atom. The third kappa shape index (κ3) is 2.64. The van der Waals surface area contributed by atoms with Gasteiger partial charge in [-0.25, -0.2) is 0 Å². The number of carboxylic acids is 1. The molecule has 1 aromatic carbocycles. The number of phenols is 1. The van der Waals surface area contributed by atoms with Crippen LogP contribution in [0.4, 0.5) is 0 Å². The van der Waals surface area contributed by atoms with Gasteiger partial charge < -0.3 is 20.1 Å². The predicted octanol–water partition coefficient (Wildman–Crippen LogP) is 0.910. The third-order valence-corrected chi connectivity index (χ3v) is 2.31. The van der Waals surface area contributed by atoms with Crippen molar-refractivity contribution >= 4 is 5.97 Å². The number of aryl methyl sites for hydroxylation is 1. The number of aromatic hydroxyl groups is 1. The van der Waals surface area contributed by atoms with Crippen molar-refractivity contribution in [1.29, 1.82) is 0 Å². The Hall–Kier alpha value is -1.75. The molecular weight excluding hydrogens is 212 g/mol. The van der Waals surface area contributed by atoms with E-state index in [0.29, 0.717) is 17.5 Å². The van der Waals surface area contributed by atoms with Crippen molar-refractivity contribution in [1.82, 2.24) is 0 Å². The lowest BCUT2D eigenvalue weighted by Gasteiger charge is -2.12. The van der Waals surface area contributed by atoms with Crippen molar-refractivity contribution < 1.29 is 24.9 Å². The second-order valence-electron chi connectivity index (χ2n) is 3.31. The van der Waals surface area contributed by atoms with Crippen molar-refractivity contribution in [2.24, 2.45) is 0 Å². The Labute approximate surface area is 92.9 Å². The average molecular weight is 226 g/mol. The summed E-state index contributed by atoms with van der Waals surface area (Å²) >= 11 is 0. The second kappa shape index (κ2) is 5.37. The van der Waals surface area contributed by atoms with Crippen molar-refractivity contribution in [2.45, 2.75) is 19.4 Å². The molecule has 0 fully saturated rings. The molecule has 5 heteroatoms. The summed E-state index contributed by atoms with van der Waals surface area (Å²) in [7, 11) is 1.38. The highest BCUT2D eigenvalue weighted by atomic mass is 16.5. The van der Waals surface area contributed by atoms with E-state index in [1.807, 2.05) is 0 Å². The fraction of sp³-hybridized carbons (Fsp3) is 0.364. The molecule has 0 aliphatic heterocycles. The first kappa shape index (κ1) is 12.3. The molecule has 16 heavy (non-hydrogen) atoms. The van der Waals surface area contributed by atoms with E-state index in [4.69, 9.17) is 9.84 Å². The predicted molar refractivity (Wildman–Crippen MR) is 56.5 cm³/mol. The molecule has 0 amide bonds. The van der Waals surface area contributed by atoms with Gasteiger partial charge in [0.2, 0.25) is 0 Å². The quantitative estimate of drug-likeness (QED) is 0.694. The fourth-order valence-electron chi connectivity index (χ4n) is 1.53. The molecule has 88 valence electrons. The van der Waals surface area contributed by atoms with E-state index in [0.717, 1.165) is 0 Å². The summed E-state index contributed by atoms with van der Waals surface area (Å²) in [5, 5.41) is 27.2. The molecule has 0 aliphatic carbocycles. The fourth-order valence-corrected chi connectivity index (χ4v) is 1.53. The summed E-state index contributed by atoms with van der Waals surface area (Å²) in [5.41, 5.74) is 1.10. The number of aliphatic hydroxyl groups excluding tert-OH is 1. The van der Waals surface area contributed by atoms with Crippen LogP contribution in [0.1, 0.15) is 17.5 Å². The van der Waals surface area contributed by atoms with Crippen LogP contribution in [0.3, 0.4) is 0 Å². The zero-order chi connectivity index (χ0) is 12.1. The van der Waals surface area contributed by atoms with Crippen LogP contribution in [-0.2, 0) is 17.8 Å². The standard InChI is InChI=1S/C11H14O5/c1-16-11-8(6-12)7(2-4-9(11)13)3-5-10(14)15/h2,4,12-13H,3,5-6H2,1H3,(H,14,15). The SMILES string of the molecule is COc1c(O)ccc(CCC(=O)O)c1CO. The number of carbonyl (C=O) groups is 1. The lowest BCUT2D eigenvalue weighted by atomic mass is 10.0. The number of benzene rings is 1. The van der Waals surface area contributed by atoms with Gasteiger partial charge in [0.1, 0.15) is 0 Å². The molecular formula is C11H14O5. The first-order valence-electron chi connectivity index (χ1n) is 4.80. The summed E-state index contributed by atoms with van der Waals surface area (Å²) in [5.74, 6) is -0.771. The van der Waals surface area contributed by atoms with Gasteiger partial charge in [-0.3, -0.25) is 4.79 Å². The number of phenolic OH excluding ortho intramolecular Hbond substituents is 1. The van der Waals surface area contributed by atoms with E-state index in [1.165, 1.54) is 13.2 Å². The molecule has 0 unspecified atom stereocenters. The van der Waals surface area contributed by atoms with Crippen LogP contribution >= 0.6 is 0 Å². The monoisotopic (exact) mass is 226 g/mol. The first-order valence-corrected chi connectivity index (χ1v) is 4.80. The topological polar surface area (TPSA) is 87.0 Å². The van der Waals surface area contributed by atoms with Gasteiger partial charge in [0, 0.05) is 12.0 Å². The molecule has 0 radical (unpaired) electrons. The molecule has 0 aliphatic rings. The van der Waals surface area contributed by atoms with Crippen LogP contribution in [-0.4, -0.2) is 28.4 Å².